The predicted molar refractivity (Wildman–Crippen MR) is 82.8 cm³/mol. The van der Waals surface area contributed by atoms with Crippen LogP contribution in [-0.2, 0) is 17.9 Å². The highest BCUT2D eigenvalue weighted by atomic mass is 35.5. The molecule has 110 valence electrons. The first-order valence-corrected chi connectivity index (χ1v) is 7.23. The van der Waals surface area contributed by atoms with Crippen molar-refractivity contribution >= 4 is 17.4 Å². The third kappa shape index (κ3) is 2.96. The minimum absolute atomic E-state index is 0.0446. The molecule has 2 aromatic rings. The van der Waals surface area contributed by atoms with Crippen molar-refractivity contribution in [3.05, 3.63) is 52.2 Å². The maximum Gasteiger partial charge on any atom is 0.134 e. The van der Waals surface area contributed by atoms with Crippen LogP contribution in [0.1, 0.15) is 29.7 Å². The first kappa shape index (κ1) is 14.2. The fourth-order valence-corrected chi connectivity index (χ4v) is 2.72. The summed E-state index contributed by atoms with van der Waals surface area (Å²) in [5, 5.41) is 3.84. The van der Waals surface area contributed by atoms with E-state index in [4.69, 9.17) is 21.1 Å². The molecule has 0 radical (unpaired) electrons. The molecule has 0 saturated heterocycles. The zero-order chi connectivity index (χ0) is 14.8. The van der Waals surface area contributed by atoms with Gasteiger partial charge in [-0.15, -0.1) is 0 Å². The van der Waals surface area contributed by atoms with E-state index in [0.717, 1.165) is 28.3 Å². The molecule has 1 aromatic heterocycles. The zero-order valence-electron chi connectivity index (χ0n) is 12.0. The van der Waals surface area contributed by atoms with Gasteiger partial charge in [0.15, 0.2) is 0 Å². The van der Waals surface area contributed by atoms with Crippen molar-refractivity contribution in [2.45, 2.75) is 26.2 Å². The summed E-state index contributed by atoms with van der Waals surface area (Å²) in [6.07, 6.45) is 0.0446. The van der Waals surface area contributed by atoms with Crippen molar-refractivity contribution in [2.75, 3.05) is 12.4 Å². The van der Waals surface area contributed by atoms with Gasteiger partial charge in [-0.3, -0.25) is 0 Å². The van der Waals surface area contributed by atoms with Crippen molar-refractivity contribution < 1.29 is 9.47 Å². The molecule has 0 aliphatic carbocycles. The Morgan fingerprint density at radius 3 is 2.86 bits per heavy atom. The number of anilines is 1. The Morgan fingerprint density at radius 1 is 1.38 bits per heavy atom. The molecule has 3 rings (SSSR count). The first-order valence-electron chi connectivity index (χ1n) is 6.85. The number of hydrogen-bond donors (Lipinski definition) is 1. The van der Waals surface area contributed by atoms with E-state index in [1.54, 1.807) is 7.11 Å². The van der Waals surface area contributed by atoms with E-state index < -0.39 is 0 Å². The molecule has 0 spiro atoms. The molecule has 2 heterocycles. The van der Waals surface area contributed by atoms with E-state index in [1.165, 1.54) is 0 Å². The number of fused-ring (bicyclic) bond motifs is 1. The van der Waals surface area contributed by atoms with Crippen molar-refractivity contribution in [3.63, 3.8) is 0 Å². The fourth-order valence-electron chi connectivity index (χ4n) is 2.51. The van der Waals surface area contributed by atoms with Crippen LogP contribution in [0.3, 0.4) is 0 Å². The van der Waals surface area contributed by atoms with E-state index in [-0.39, 0.29) is 6.10 Å². The monoisotopic (exact) mass is 304 g/mol. The van der Waals surface area contributed by atoms with E-state index in [9.17, 15) is 0 Å². The zero-order valence-corrected chi connectivity index (χ0v) is 12.8. The van der Waals surface area contributed by atoms with Gasteiger partial charge in [-0.25, -0.2) is 4.98 Å². The summed E-state index contributed by atoms with van der Waals surface area (Å²) in [4.78, 5) is 4.39. The van der Waals surface area contributed by atoms with Crippen LogP contribution in [0.25, 0.3) is 0 Å². The lowest BCUT2D eigenvalue weighted by molar-refractivity contribution is 0.0798. The maximum atomic E-state index is 6.07. The Balaban J connectivity index is 1.79. The van der Waals surface area contributed by atoms with E-state index in [0.29, 0.717) is 18.3 Å². The van der Waals surface area contributed by atoms with Crippen LogP contribution in [0, 0.1) is 0 Å². The van der Waals surface area contributed by atoms with Gasteiger partial charge in [0.25, 0.3) is 0 Å². The number of nitrogens with one attached hydrogen (secondary N) is 1. The molecule has 0 bridgehead atoms. The lowest BCUT2D eigenvalue weighted by atomic mass is 10.1. The van der Waals surface area contributed by atoms with Crippen molar-refractivity contribution in [3.8, 4) is 5.75 Å². The Morgan fingerprint density at radius 2 is 2.14 bits per heavy atom. The number of rotatable bonds is 4. The number of aromatic nitrogens is 1. The summed E-state index contributed by atoms with van der Waals surface area (Å²) in [6, 6.07) is 9.81. The fraction of sp³-hybridized carbons (Fsp3) is 0.312. The Hall–Kier alpha value is -1.78. The molecule has 5 heteroatoms. The summed E-state index contributed by atoms with van der Waals surface area (Å²) >= 11 is 6.07. The number of ether oxygens (including phenoxy) is 2. The molecule has 1 N–H and O–H groups in total. The molecule has 0 saturated carbocycles. The molecule has 0 fully saturated rings. The molecule has 1 aromatic carbocycles. The standard InChI is InChI=1S/C16H17ClN2O2/c1-10-15-12(9-21-10)7-14(17)19-16(15)18-8-11-3-5-13(20-2)6-4-11/h3-7,10H,8-9H2,1-2H3,(H,18,19)/t10-/m0/s1. The minimum Gasteiger partial charge on any atom is -0.497 e. The van der Waals surface area contributed by atoms with Crippen molar-refractivity contribution in [2.24, 2.45) is 0 Å². The lowest BCUT2D eigenvalue weighted by Crippen LogP contribution is -2.06. The number of methoxy groups -OCH3 is 1. The Bertz CT molecular complexity index is 643. The number of hydrogen-bond acceptors (Lipinski definition) is 4. The average Bonchev–Trinajstić information content (AvgIpc) is 2.86. The molecule has 1 atom stereocenters. The largest absolute Gasteiger partial charge is 0.497 e. The van der Waals surface area contributed by atoms with Crippen LogP contribution in [0.4, 0.5) is 5.82 Å². The Labute approximate surface area is 129 Å². The van der Waals surface area contributed by atoms with Gasteiger partial charge in [-0.1, -0.05) is 23.7 Å². The summed E-state index contributed by atoms with van der Waals surface area (Å²) < 4.78 is 10.8. The molecule has 1 aliphatic rings. The number of halogens is 1. The first-order chi connectivity index (χ1) is 10.2. The second-order valence-corrected chi connectivity index (χ2v) is 5.41. The third-order valence-corrected chi connectivity index (χ3v) is 3.82. The highest BCUT2D eigenvalue weighted by Gasteiger charge is 2.24. The molecule has 0 amide bonds. The molecule has 0 unspecified atom stereocenters. The average molecular weight is 305 g/mol. The van der Waals surface area contributed by atoms with E-state index in [2.05, 4.69) is 10.3 Å². The van der Waals surface area contributed by atoms with Gasteiger partial charge in [0.05, 0.1) is 19.8 Å². The van der Waals surface area contributed by atoms with Crippen LogP contribution in [0.2, 0.25) is 5.15 Å². The highest BCUT2D eigenvalue weighted by Crippen LogP contribution is 2.36. The quantitative estimate of drug-likeness (QED) is 0.869. The summed E-state index contributed by atoms with van der Waals surface area (Å²) in [6.45, 7) is 3.30. The van der Waals surface area contributed by atoms with Crippen LogP contribution in [-0.4, -0.2) is 12.1 Å². The molecular weight excluding hydrogens is 288 g/mol. The van der Waals surface area contributed by atoms with E-state index >= 15 is 0 Å². The van der Waals surface area contributed by atoms with Gasteiger partial charge < -0.3 is 14.8 Å². The predicted octanol–water partition coefficient (Wildman–Crippen LogP) is 3.95. The minimum atomic E-state index is 0.0446. The van der Waals surface area contributed by atoms with Gasteiger partial charge in [0.1, 0.15) is 16.7 Å². The summed E-state index contributed by atoms with van der Waals surface area (Å²) in [5.41, 5.74) is 3.37. The normalized spacial score (nSPS) is 16.6. The third-order valence-electron chi connectivity index (χ3n) is 3.63. The lowest BCUT2D eigenvalue weighted by Gasteiger charge is -2.13. The van der Waals surface area contributed by atoms with Gasteiger partial charge in [0, 0.05) is 12.1 Å². The second kappa shape index (κ2) is 5.92. The summed E-state index contributed by atoms with van der Waals surface area (Å²) in [7, 11) is 1.66. The maximum absolute atomic E-state index is 6.07. The van der Waals surface area contributed by atoms with Gasteiger partial charge in [-0.2, -0.15) is 0 Å². The molecule has 21 heavy (non-hydrogen) atoms. The van der Waals surface area contributed by atoms with Crippen LogP contribution in [0.5, 0.6) is 5.75 Å². The van der Waals surface area contributed by atoms with Crippen LogP contribution < -0.4 is 10.1 Å². The van der Waals surface area contributed by atoms with Gasteiger partial charge in [-0.05, 0) is 36.2 Å². The van der Waals surface area contributed by atoms with Gasteiger partial charge in [0.2, 0.25) is 0 Å². The SMILES string of the molecule is COc1ccc(CNc2nc(Cl)cc3c2[C@H](C)OC3)cc1. The number of pyridine rings is 1. The van der Waals surface area contributed by atoms with Crippen molar-refractivity contribution in [1.82, 2.24) is 4.98 Å². The van der Waals surface area contributed by atoms with E-state index in [1.807, 2.05) is 37.3 Å². The molecule has 4 nitrogen and oxygen atoms in total. The smallest absolute Gasteiger partial charge is 0.134 e. The van der Waals surface area contributed by atoms with Gasteiger partial charge >= 0.3 is 0 Å². The summed E-state index contributed by atoms with van der Waals surface area (Å²) in [5.74, 6) is 1.65. The second-order valence-electron chi connectivity index (χ2n) is 5.02. The topological polar surface area (TPSA) is 43.4 Å². The van der Waals surface area contributed by atoms with Crippen LogP contribution >= 0.6 is 11.6 Å². The molecular formula is C16H17ClN2O2. The van der Waals surface area contributed by atoms with Crippen LogP contribution in [0.15, 0.2) is 30.3 Å². The number of benzene rings is 1. The number of nitrogens with zero attached hydrogens (tertiary/aromatic N) is 1. The van der Waals surface area contributed by atoms with Crippen molar-refractivity contribution in [1.29, 1.82) is 0 Å². The Kier molecular flexibility index (Phi) is 3.99. The highest BCUT2D eigenvalue weighted by molar-refractivity contribution is 6.29. The molecule has 1 aliphatic heterocycles.